The second-order valence-corrected chi connectivity index (χ2v) is 7.83. The third-order valence-corrected chi connectivity index (χ3v) is 5.82. The maximum atomic E-state index is 13.5. The number of methoxy groups -OCH3 is 5. The van der Waals surface area contributed by atoms with Crippen molar-refractivity contribution >= 4 is 16.8 Å². The van der Waals surface area contributed by atoms with Crippen molar-refractivity contribution in [3.05, 3.63) is 76.5 Å². The van der Waals surface area contributed by atoms with E-state index in [0.717, 1.165) is 16.7 Å². The van der Waals surface area contributed by atoms with Gasteiger partial charge in [-0.25, -0.2) is 0 Å². The molecule has 0 saturated carbocycles. The zero-order valence-electron chi connectivity index (χ0n) is 21.0. The largest absolute Gasteiger partial charge is 0.497 e. The highest BCUT2D eigenvalue weighted by atomic mass is 16.5. The van der Waals surface area contributed by atoms with Crippen LogP contribution in [0.1, 0.15) is 32.8 Å². The van der Waals surface area contributed by atoms with Crippen LogP contribution >= 0.6 is 0 Å². The van der Waals surface area contributed by atoms with Crippen LogP contribution in [0.15, 0.2) is 52.9 Å². The molecule has 0 spiro atoms. The summed E-state index contributed by atoms with van der Waals surface area (Å²) in [7, 11) is 7.69. The number of hydrogen-bond acceptors (Lipinski definition) is 7. The fraction of sp³-hybridized carbons (Fsp3) is 0.207. The number of hydrogen-bond donors (Lipinski definition) is 0. The predicted molar refractivity (Wildman–Crippen MR) is 136 cm³/mol. The topological polar surface area (TPSA) is 76.4 Å². The highest BCUT2D eigenvalue weighted by Gasteiger charge is 2.24. The number of ketones is 1. The van der Waals surface area contributed by atoms with Crippen molar-refractivity contribution in [1.82, 2.24) is 0 Å². The van der Waals surface area contributed by atoms with Gasteiger partial charge >= 0.3 is 0 Å². The van der Waals surface area contributed by atoms with E-state index in [-0.39, 0.29) is 11.5 Å². The fourth-order valence-corrected chi connectivity index (χ4v) is 3.89. The molecule has 0 bridgehead atoms. The molecule has 3 aromatic carbocycles. The third-order valence-electron chi connectivity index (χ3n) is 5.82. The molecule has 0 N–H and O–H groups in total. The summed E-state index contributed by atoms with van der Waals surface area (Å²) in [5.41, 5.74) is 3.07. The number of aryl methyl sites for hydroxylation is 1. The summed E-state index contributed by atoms with van der Waals surface area (Å²) in [6.45, 7) is 1.84. The van der Waals surface area contributed by atoms with Crippen LogP contribution < -0.4 is 23.7 Å². The SMILES string of the molecule is COc1ccc(C#Cc2cc3c(C)c(C(=O)c4cc(OC)c(OC)c(OC)c4)oc3cc2OC)cc1. The van der Waals surface area contributed by atoms with Crippen LogP contribution in [0.5, 0.6) is 28.7 Å². The lowest BCUT2D eigenvalue weighted by atomic mass is 10.0. The Kier molecular flexibility index (Phi) is 7.07. The molecule has 0 amide bonds. The second kappa shape index (κ2) is 10.4. The number of benzene rings is 3. The Bertz CT molecular complexity index is 1460. The molecule has 4 aromatic rings. The van der Waals surface area contributed by atoms with E-state index in [2.05, 4.69) is 11.8 Å². The average molecular weight is 487 g/mol. The lowest BCUT2D eigenvalue weighted by molar-refractivity contribution is 0.101. The zero-order chi connectivity index (χ0) is 25.8. The zero-order valence-corrected chi connectivity index (χ0v) is 21.0. The Morgan fingerprint density at radius 3 is 1.94 bits per heavy atom. The van der Waals surface area contributed by atoms with Crippen LogP contribution in [0, 0.1) is 18.8 Å². The minimum Gasteiger partial charge on any atom is -0.497 e. The van der Waals surface area contributed by atoms with Gasteiger partial charge in [0.1, 0.15) is 17.1 Å². The second-order valence-electron chi connectivity index (χ2n) is 7.83. The van der Waals surface area contributed by atoms with E-state index < -0.39 is 0 Å². The number of rotatable bonds is 7. The average Bonchev–Trinajstić information content (AvgIpc) is 3.25. The van der Waals surface area contributed by atoms with E-state index in [9.17, 15) is 4.79 Å². The molecule has 1 heterocycles. The van der Waals surface area contributed by atoms with Crippen molar-refractivity contribution in [2.75, 3.05) is 35.5 Å². The van der Waals surface area contributed by atoms with Crippen LogP contribution in [0.3, 0.4) is 0 Å². The lowest BCUT2D eigenvalue weighted by Crippen LogP contribution is -2.04. The first kappa shape index (κ1) is 24.6. The summed E-state index contributed by atoms with van der Waals surface area (Å²) in [4.78, 5) is 13.5. The quantitative estimate of drug-likeness (QED) is 0.255. The highest BCUT2D eigenvalue weighted by molar-refractivity contribution is 6.11. The van der Waals surface area contributed by atoms with E-state index in [1.165, 1.54) is 21.3 Å². The smallest absolute Gasteiger partial charge is 0.228 e. The number of furan rings is 1. The van der Waals surface area contributed by atoms with Crippen LogP contribution in [-0.4, -0.2) is 41.3 Å². The molecule has 0 unspecified atom stereocenters. The van der Waals surface area contributed by atoms with Gasteiger partial charge in [-0.3, -0.25) is 4.79 Å². The Hall–Kier alpha value is -4.57. The van der Waals surface area contributed by atoms with Gasteiger partial charge in [-0.1, -0.05) is 11.8 Å². The van der Waals surface area contributed by atoms with Crippen LogP contribution in [0.2, 0.25) is 0 Å². The molecular weight excluding hydrogens is 460 g/mol. The number of ether oxygens (including phenoxy) is 5. The minimum atomic E-state index is -0.312. The predicted octanol–water partition coefficient (Wildman–Crippen LogP) is 5.42. The van der Waals surface area contributed by atoms with Gasteiger partial charge in [-0.15, -0.1) is 0 Å². The Morgan fingerprint density at radius 2 is 1.39 bits per heavy atom. The molecule has 0 aliphatic carbocycles. The van der Waals surface area contributed by atoms with Gasteiger partial charge < -0.3 is 28.1 Å². The standard InChI is InChI=1S/C29H26O7/c1-17-22-13-19(10-7-18-8-11-21(31-2)12-9-18)23(32-3)16-24(22)36-28(17)27(30)20-14-25(33-4)29(35-6)26(15-20)34-5/h8-9,11-16H,1-6H3. The van der Waals surface area contributed by atoms with Gasteiger partial charge in [-0.2, -0.15) is 0 Å². The van der Waals surface area contributed by atoms with Gasteiger partial charge in [-0.05, 0) is 49.4 Å². The van der Waals surface area contributed by atoms with Crippen molar-refractivity contribution in [3.8, 4) is 40.6 Å². The number of fused-ring (bicyclic) bond motifs is 1. The van der Waals surface area contributed by atoms with Crippen LogP contribution in [-0.2, 0) is 0 Å². The van der Waals surface area contributed by atoms with E-state index in [4.69, 9.17) is 28.1 Å². The van der Waals surface area contributed by atoms with Crippen molar-refractivity contribution in [2.45, 2.75) is 6.92 Å². The minimum absolute atomic E-state index is 0.210. The van der Waals surface area contributed by atoms with Crippen LogP contribution in [0.4, 0.5) is 0 Å². The Labute approximate surface area is 209 Å². The lowest BCUT2D eigenvalue weighted by Gasteiger charge is -2.13. The van der Waals surface area contributed by atoms with Crippen molar-refractivity contribution in [3.63, 3.8) is 0 Å². The molecule has 36 heavy (non-hydrogen) atoms. The van der Waals surface area contributed by atoms with Crippen molar-refractivity contribution in [2.24, 2.45) is 0 Å². The first-order valence-corrected chi connectivity index (χ1v) is 11.1. The third kappa shape index (κ3) is 4.53. The monoisotopic (exact) mass is 486 g/mol. The molecule has 7 heteroatoms. The van der Waals surface area contributed by atoms with Crippen molar-refractivity contribution < 1.29 is 32.9 Å². The molecule has 0 saturated heterocycles. The molecule has 7 nitrogen and oxygen atoms in total. The van der Waals surface area contributed by atoms with Gasteiger partial charge in [0.2, 0.25) is 11.5 Å². The number of carbonyl (C=O) groups is 1. The molecule has 0 aliphatic rings. The maximum Gasteiger partial charge on any atom is 0.228 e. The van der Waals surface area contributed by atoms with Crippen LogP contribution in [0.25, 0.3) is 11.0 Å². The Balaban J connectivity index is 1.77. The Morgan fingerprint density at radius 1 is 0.750 bits per heavy atom. The summed E-state index contributed by atoms with van der Waals surface area (Å²) in [6.07, 6.45) is 0. The molecule has 4 rings (SSSR count). The molecule has 0 atom stereocenters. The van der Waals surface area contributed by atoms with Gasteiger partial charge in [0, 0.05) is 28.1 Å². The van der Waals surface area contributed by atoms with Gasteiger partial charge in [0.25, 0.3) is 0 Å². The summed E-state index contributed by atoms with van der Waals surface area (Å²) in [6, 6.07) is 14.3. The molecule has 1 aromatic heterocycles. The summed E-state index contributed by atoms with van der Waals surface area (Å²) < 4.78 is 32.9. The van der Waals surface area contributed by atoms with E-state index in [0.29, 0.717) is 45.3 Å². The maximum absolute atomic E-state index is 13.5. The normalized spacial score (nSPS) is 10.4. The van der Waals surface area contributed by atoms with Gasteiger partial charge in [0.05, 0.1) is 41.1 Å². The van der Waals surface area contributed by atoms with Crippen molar-refractivity contribution in [1.29, 1.82) is 0 Å². The van der Waals surface area contributed by atoms with Gasteiger partial charge in [0.15, 0.2) is 17.3 Å². The highest BCUT2D eigenvalue weighted by Crippen LogP contribution is 2.39. The first-order chi connectivity index (χ1) is 17.4. The summed E-state index contributed by atoms with van der Waals surface area (Å²) >= 11 is 0. The molecule has 184 valence electrons. The summed E-state index contributed by atoms with van der Waals surface area (Å²) in [5, 5.41) is 0.769. The van der Waals surface area contributed by atoms with E-state index in [1.54, 1.807) is 32.4 Å². The summed E-state index contributed by atoms with van der Waals surface area (Å²) in [5.74, 6) is 8.67. The molecule has 0 aliphatic heterocycles. The fourth-order valence-electron chi connectivity index (χ4n) is 3.89. The van der Waals surface area contributed by atoms with E-state index >= 15 is 0 Å². The molecule has 0 radical (unpaired) electrons. The number of carbonyl (C=O) groups excluding carboxylic acids is 1. The molecule has 0 fully saturated rings. The first-order valence-electron chi connectivity index (χ1n) is 11.1. The van der Waals surface area contributed by atoms with E-state index in [1.807, 2.05) is 37.3 Å². The molecular formula is C29H26O7.